The molecule has 0 atom stereocenters. The largest absolute Gasteiger partial charge is 0.341 e. The van der Waals surface area contributed by atoms with Crippen molar-refractivity contribution in [3.05, 3.63) is 0 Å². The van der Waals surface area contributed by atoms with E-state index in [1.165, 1.54) is 0 Å². The zero-order valence-corrected chi connectivity index (χ0v) is 12.2. The van der Waals surface area contributed by atoms with E-state index in [0.29, 0.717) is 25.9 Å². The van der Waals surface area contributed by atoms with Gasteiger partial charge in [0, 0.05) is 19.1 Å². The maximum atomic E-state index is 12.4. The van der Waals surface area contributed by atoms with E-state index >= 15 is 0 Å². The minimum Gasteiger partial charge on any atom is -0.341 e. The highest BCUT2D eigenvalue weighted by Gasteiger charge is 2.40. The van der Waals surface area contributed by atoms with Crippen LogP contribution < -0.4 is 10.5 Å². The Morgan fingerprint density at radius 2 is 1.79 bits per heavy atom. The fraction of sp³-hybridized carbons (Fsp3) is 0.917. The van der Waals surface area contributed by atoms with Crippen molar-refractivity contribution in [2.24, 2.45) is 5.73 Å². The lowest BCUT2D eigenvalue weighted by atomic mass is 9.95. The van der Waals surface area contributed by atoms with E-state index in [-0.39, 0.29) is 11.9 Å². The molecule has 0 aromatic heterocycles. The zero-order valence-electron chi connectivity index (χ0n) is 11.4. The summed E-state index contributed by atoms with van der Waals surface area (Å²) < 4.78 is 24.9. The molecular formula is C12H23N3O3S. The molecule has 6 nitrogen and oxygen atoms in total. The van der Waals surface area contributed by atoms with Crippen LogP contribution in [0.25, 0.3) is 0 Å². The number of sulfonamides is 1. The molecular weight excluding hydrogens is 266 g/mol. The number of rotatable bonds is 3. The molecule has 1 heterocycles. The van der Waals surface area contributed by atoms with Gasteiger partial charge in [0.25, 0.3) is 0 Å². The number of piperidine rings is 1. The van der Waals surface area contributed by atoms with E-state index in [4.69, 9.17) is 5.73 Å². The van der Waals surface area contributed by atoms with Crippen LogP contribution in [0.4, 0.5) is 0 Å². The van der Waals surface area contributed by atoms with E-state index in [0.717, 1.165) is 31.9 Å². The van der Waals surface area contributed by atoms with Gasteiger partial charge in [-0.25, -0.2) is 13.1 Å². The van der Waals surface area contributed by atoms with Gasteiger partial charge in [0.2, 0.25) is 15.9 Å². The molecule has 2 rings (SSSR count). The highest BCUT2D eigenvalue weighted by molar-refractivity contribution is 7.88. The maximum absolute atomic E-state index is 12.4. The molecule has 3 N–H and O–H groups in total. The number of hydrogen-bond acceptors (Lipinski definition) is 4. The highest BCUT2D eigenvalue weighted by atomic mass is 32.2. The number of nitrogens with one attached hydrogen (secondary N) is 1. The topological polar surface area (TPSA) is 92.5 Å². The summed E-state index contributed by atoms with van der Waals surface area (Å²) in [7, 11) is -3.17. The molecule has 2 fully saturated rings. The second-order valence-corrected chi connectivity index (χ2v) is 7.60. The molecule has 7 heteroatoms. The van der Waals surface area contributed by atoms with E-state index < -0.39 is 15.6 Å². The first-order valence-electron chi connectivity index (χ1n) is 6.86. The van der Waals surface area contributed by atoms with Crippen LogP contribution >= 0.6 is 0 Å². The molecule has 1 aliphatic heterocycles. The lowest BCUT2D eigenvalue weighted by Gasteiger charge is -2.36. The SMILES string of the molecule is CS(=O)(=O)NC1CCN(C(=O)C2(N)CCCC2)CC1. The smallest absolute Gasteiger partial charge is 0.242 e. The van der Waals surface area contributed by atoms with Gasteiger partial charge in [0.1, 0.15) is 0 Å². The summed E-state index contributed by atoms with van der Waals surface area (Å²) in [6.07, 6.45) is 6.07. The highest BCUT2D eigenvalue weighted by Crippen LogP contribution is 2.29. The predicted molar refractivity (Wildman–Crippen MR) is 73.0 cm³/mol. The van der Waals surface area contributed by atoms with Gasteiger partial charge in [-0.05, 0) is 25.7 Å². The number of nitrogens with zero attached hydrogens (tertiary/aromatic N) is 1. The van der Waals surface area contributed by atoms with Gasteiger partial charge < -0.3 is 10.6 Å². The number of nitrogens with two attached hydrogens (primary N) is 1. The predicted octanol–water partition coefficient (Wildman–Crippen LogP) is -0.202. The normalized spacial score (nSPS) is 24.6. The van der Waals surface area contributed by atoms with Gasteiger partial charge in [-0.3, -0.25) is 4.79 Å². The second kappa shape index (κ2) is 5.38. The molecule has 0 bridgehead atoms. The van der Waals surface area contributed by atoms with Gasteiger partial charge in [0.05, 0.1) is 11.8 Å². The van der Waals surface area contributed by atoms with Gasteiger partial charge in [-0.2, -0.15) is 0 Å². The summed E-state index contributed by atoms with van der Waals surface area (Å²) in [6.45, 7) is 1.18. The van der Waals surface area contributed by atoms with E-state index in [2.05, 4.69) is 4.72 Å². The van der Waals surface area contributed by atoms with Crippen LogP contribution in [0.5, 0.6) is 0 Å². The Labute approximate surface area is 114 Å². The second-order valence-electron chi connectivity index (χ2n) is 5.82. The Kier molecular flexibility index (Phi) is 4.17. The first-order chi connectivity index (χ1) is 8.80. The summed E-state index contributed by atoms with van der Waals surface area (Å²) in [5, 5.41) is 0. The minimum atomic E-state index is -3.17. The van der Waals surface area contributed by atoms with Crippen LogP contribution in [0.15, 0.2) is 0 Å². The zero-order chi connectivity index (χ0) is 14.1. The Morgan fingerprint density at radius 1 is 1.26 bits per heavy atom. The van der Waals surface area contributed by atoms with Gasteiger partial charge in [-0.1, -0.05) is 12.8 Å². The molecule has 1 saturated heterocycles. The quantitative estimate of drug-likeness (QED) is 0.752. The number of hydrogen-bond donors (Lipinski definition) is 2. The van der Waals surface area contributed by atoms with Crippen LogP contribution in [-0.2, 0) is 14.8 Å². The molecule has 1 aliphatic carbocycles. The molecule has 1 amide bonds. The van der Waals surface area contributed by atoms with E-state index in [1.54, 1.807) is 4.90 Å². The molecule has 0 unspecified atom stereocenters. The molecule has 0 spiro atoms. The standard InChI is InChI=1S/C12H23N3O3S/c1-19(17,18)14-10-4-8-15(9-5-10)11(16)12(13)6-2-3-7-12/h10,14H,2-9,13H2,1H3. The molecule has 0 radical (unpaired) electrons. The lowest BCUT2D eigenvalue weighted by Crippen LogP contribution is -2.56. The van der Waals surface area contributed by atoms with Crippen LogP contribution in [0.3, 0.4) is 0 Å². The third-order valence-corrected chi connectivity index (χ3v) is 4.85. The van der Waals surface area contributed by atoms with Crippen LogP contribution in [0.1, 0.15) is 38.5 Å². The Morgan fingerprint density at radius 3 is 2.26 bits per heavy atom. The molecule has 110 valence electrons. The van der Waals surface area contributed by atoms with E-state index in [9.17, 15) is 13.2 Å². The molecule has 0 aromatic carbocycles. The van der Waals surface area contributed by atoms with Crippen LogP contribution in [0, 0.1) is 0 Å². The number of carbonyl (C=O) groups is 1. The van der Waals surface area contributed by atoms with Crippen molar-refractivity contribution in [1.29, 1.82) is 0 Å². The monoisotopic (exact) mass is 289 g/mol. The summed E-state index contributed by atoms with van der Waals surface area (Å²) in [5.41, 5.74) is 5.50. The summed E-state index contributed by atoms with van der Waals surface area (Å²) in [5.74, 6) is 0.0443. The van der Waals surface area contributed by atoms with Gasteiger partial charge in [-0.15, -0.1) is 0 Å². The minimum absolute atomic E-state index is 0.0443. The number of amides is 1. The Bertz CT molecular complexity index is 435. The number of carbonyl (C=O) groups excluding carboxylic acids is 1. The third kappa shape index (κ3) is 3.67. The maximum Gasteiger partial charge on any atom is 0.242 e. The molecule has 1 saturated carbocycles. The molecule has 2 aliphatic rings. The average molecular weight is 289 g/mol. The molecule has 19 heavy (non-hydrogen) atoms. The van der Waals surface area contributed by atoms with Crippen LogP contribution in [-0.4, -0.2) is 50.2 Å². The van der Waals surface area contributed by atoms with Crippen molar-refractivity contribution in [2.45, 2.75) is 50.1 Å². The van der Waals surface area contributed by atoms with Gasteiger partial charge >= 0.3 is 0 Å². The summed E-state index contributed by atoms with van der Waals surface area (Å²) in [4.78, 5) is 14.2. The lowest BCUT2D eigenvalue weighted by molar-refractivity contribution is -0.137. The van der Waals surface area contributed by atoms with Crippen molar-refractivity contribution in [1.82, 2.24) is 9.62 Å². The van der Waals surface area contributed by atoms with Gasteiger partial charge in [0.15, 0.2) is 0 Å². The average Bonchev–Trinajstić information content (AvgIpc) is 2.75. The Hall–Kier alpha value is -0.660. The van der Waals surface area contributed by atoms with Crippen molar-refractivity contribution in [3.63, 3.8) is 0 Å². The van der Waals surface area contributed by atoms with Crippen molar-refractivity contribution < 1.29 is 13.2 Å². The van der Waals surface area contributed by atoms with E-state index in [1.807, 2.05) is 0 Å². The van der Waals surface area contributed by atoms with Crippen molar-refractivity contribution >= 4 is 15.9 Å². The number of likely N-dealkylation sites (tertiary alicyclic amines) is 1. The fourth-order valence-electron chi connectivity index (χ4n) is 3.04. The first kappa shape index (κ1) is 14.7. The summed E-state index contributed by atoms with van der Waals surface area (Å²) in [6, 6.07) is -0.0589. The molecule has 0 aromatic rings. The van der Waals surface area contributed by atoms with Crippen molar-refractivity contribution in [2.75, 3.05) is 19.3 Å². The summed E-state index contributed by atoms with van der Waals surface area (Å²) >= 11 is 0. The fourth-order valence-corrected chi connectivity index (χ4v) is 3.88. The Balaban J connectivity index is 1.88. The first-order valence-corrected chi connectivity index (χ1v) is 8.75. The third-order valence-electron chi connectivity index (χ3n) is 4.08. The van der Waals surface area contributed by atoms with Crippen molar-refractivity contribution in [3.8, 4) is 0 Å². The van der Waals surface area contributed by atoms with Crippen LogP contribution in [0.2, 0.25) is 0 Å².